The molecule has 6 nitrogen and oxygen atoms in total. The number of hydrogen-bond acceptors (Lipinski definition) is 5. The number of nitrogens with one attached hydrogen (secondary N) is 1. The lowest BCUT2D eigenvalue weighted by molar-refractivity contribution is -0.0126. The summed E-state index contributed by atoms with van der Waals surface area (Å²) in [5.41, 5.74) is 14.0. The molecule has 1 aliphatic rings. The first-order valence-corrected chi connectivity index (χ1v) is 6.85. The third-order valence-electron chi connectivity index (χ3n) is 3.64. The molecule has 1 aromatic heterocycles. The number of ether oxygens (including phenoxy) is 1. The van der Waals surface area contributed by atoms with E-state index in [1.165, 1.54) is 0 Å². The van der Waals surface area contributed by atoms with Gasteiger partial charge < -0.3 is 21.5 Å². The number of pyridine rings is 1. The predicted molar refractivity (Wildman–Crippen MR) is 77.6 cm³/mol. The minimum Gasteiger partial charge on any atom is -0.377 e. The minimum absolute atomic E-state index is 0.00532. The molecule has 0 radical (unpaired) electrons. The number of primary amides is 1. The van der Waals surface area contributed by atoms with Crippen molar-refractivity contribution in [2.75, 3.05) is 11.9 Å². The lowest BCUT2D eigenvalue weighted by Gasteiger charge is -2.43. The van der Waals surface area contributed by atoms with Gasteiger partial charge >= 0.3 is 0 Å². The van der Waals surface area contributed by atoms with Crippen LogP contribution in [0.2, 0.25) is 0 Å². The molecule has 20 heavy (non-hydrogen) atoms. The second-order valence-corrected chi connectivity index (χ2v) is 5.20. The molecular weight excluding hydrogens is 256 g/mol. The standard InChI is InChI=1S/C14H22N4O2/c1-4-20-11-6-9(15)13(11)18-10-5-7(2)17-8(3)12(10)14(16)19/h5,9,11,13H,4,6,15H2,1-3H3,(H2,16,19)(H,17,18). The van der Waals surface area contributed by atoms with Gasteiger partial charge in [0.2, 0.25) is 0 Å². The summed E-state index contributed by atoms with van der Waals surface area (Å²) in [4.78, 5) is 15.9. The normalized spacial score (nSPS) is 25.1. The topological polar surface area (TPSA) is 103 Å². The van der Waals surface area contributed by atoms with Crippen molar-refractivity contribution in [3.63, 3.8) is 0 Å². The minimum atomic E-state index is -0.488. The highest BCUT2D eigenvalue weighted by molar-refractivity contribution is 5.99. The second-order valence-electron chi connectivity index (χ2n) is 5.20. The van der Waals surface area contributed by atoms with Gasteiger partial charge in [0.05, 0.1) is 29.1 Å². The Morgan fingerprint density at radius 1 is 1.55 bits per heavy atom. The molecule has 1 amide bonds. The Labute approximate surface area is 118 Å². The molecular formula is C14H22N4O2. The number of aryl methyl sites for hydroxylation is 2. The number of amides is 1. The zero-order valence-corrected chi connectivity index (χ0v) is 12.1. The van der Waals surface area contributed by atoms with Gasteiger partial charge in [-0.15, -0.1) is 0 Å². The fourth-order valence-corrected chi connectivity index (χ4v) is 2.66. The smallest absolute Gasteiger partial charge is 0.252 e. The molecule has 3 atom stereocenters. The van der Waals surface area contributed by atoms with E-state index in [1.54, 1.807) is 6.92 Å². The Morgan fingerprint density at radius 3 is 2.80 bits per heavy atom. The number of anilines is 1. The molecule has 0 aromatic carbocycles. The molecule has 3 unspecified atom stereocenters. The average molecular weight is 278 g/mol. The Balaban J connectivity index is 2.26. The first-order valence-electron chi connectivity index (χ1n) is 6.85. The maximum absolute atomic E-state index is 11.6. The Kier molecular flexibility index (Phi) is 4.25. The fraction of sp³-hybridized carbons (Fsp3) is 0.571. The second kappa shape index (κ2) is 5.76. The van der Waals surface area contributed by atoms with Gasteiger partial charge in [0.25, 0.3) is 5.91 Å². The number of aromatic nitrogens is 1. The molecule has 0 aliphatic heterocycles. The van der Waals surface area contributed by atoms with E-state index in [-0.39, 0.29) is 18.2 Å². The van der Waals surface area contributed by atoms with E-state index < -0.39 is 5.91 Å². The molecule has 0 bridgehead atoms. The fourth-order valence-electron chi connectivity index (χ4n) is 2.66. The molecule has 0 spiro atoms. The van der Waals surface area contributed by atoms with Gasteiger partial charge in [-0.05, 0) is 33.3 Å². The van der Waals surface area contributed by atoms with Crippen LogP contribution in [0.5, 0.6) is 0 Å². The molecule has 1 heterocycles. The van der Waals surface area contributed by atoms with Crippen LogP contribution in [-0.4, -0.2) is 35.7 Å². The number of rotatable bonds is 5. The van der Waals surface area contributed by atoms with Crippen LogP contribution < -0.4 is 16.8 Å². The SMILES string of the molecule is CCOC1CC(N)C1Nc1cc(C)nc(C)c1C(N)=O. The lowest BCUT2D eigenvalue weighted by Crippen LogP contribution is -2.60. The highest BCUT2D eigenvalue weighted by atomic mass is 16.5. The number of hydrogen-bond donors (Lipinski definition) is 3. The van der Waals surface area contributed by atoms with Crippen LogP contribution in [0, 0.1) is 13.8 Å². The van der Waals surface area contributed by atoms with Gasteiger partial charge in [-0.3, -0.25) is 9.78 Å². The molecule has 2 rings (SSSR count). The maximum Gasteiger partial charge on any atom is 0.252 e. The maximum atomic E-state index is 11.6. The first kappa shape index (κ1) is 14.7. The Hall–Kier alpha value is -1.66. The van der Waals surface area contributed by atoms with Crippen LogP contribution in [0.25, 0.3) is 0 Å². The van der Waals surface area contributed by atoms with E-state index in [0.29, 0.717) is 23.6 Å². The quantitative estimate of drug-likeness (QED) is 0.736. The zero-order valence-electron chi connectivity index (χ0n) is 12.1. The predicted octanol–water partition coefficient (Wildman–Crippen LogP) is 0.714. The molecule has 5 N–H and O–H groups in total. The number of nitrogens with two attached hydrogens (primary N) is 2. The van der Waals surface area contributed by atoms with Gasteiger partial charge in [0.1, 0.15) is 0 Å². The van der Waals surface area contributed by atoms with Crippen molar-refractivity contribution >= 4 is 11.6 Å². The number of nitrogens with zero attached hydrogens (tertiary/aromatic N) is 1. The van der Waals surface area contributed by atoms with Crippen molar-refractivity contribution in [2.45, 2.75) is 45.4 Å². The van der Waals surface area contributed by atoms with Gasteiger partial charge in [-0.25, -0.2) is 0 Å². The van der Waals surface area contributed by atoms with E-state index in [0.717, 1.165) is 12.1 Å². The van der Waals surface area contributed by atoms with E-state index in [9.17, 15) is 4.79 Å². The van der Waals surface area contributed by atoms with Crippen LogP contribution >= 0.6 is 0 Å². The van der Waals surface area contributed by atoms with E-state index >= 15 is 0 Å². The molecule has 1 fully saturated rings. The Morgan fingerprint density at radius 2 is 2.25 bits per heavy atom. The highest BCUT2D eigenvalue weighted by Crippen LogP contribution is 2.28. The van der Waals surface area contributed by atoms with Crippen LogP contribution in [0.1, 0.15) is 35.1 Å². The largest absolute Gasteiger partial charge is 0.377 e. The third kappa shape index (κ3) is 2.76. The van der Waals surface area contributed by atoms with Crippen LogP contribution in [0.15, 0.2) is 6.07 Å². The van der Waals surface area contributed by atoms with Crippen molar-refractivity contribution < 1.29 is 9.53 Å². The highest BCUT2D eigenvalue weighted by Gasteiger charge is 2.39. The van der Waals surface area contributed by atoms with Crippen molar-refractivity contribution in [2.24, 2.45) is 11.5 Å². The third-order valence-corrected chi connectivity index (χ3v) is 3.64. The lowest BCUT2D eigenvalue weighted by atomic mass is 9.83. The van der Waals surface area contributed by atoms with Crippen LogP contribution in [0.3, 0.4) is 0 Å². The zero-order chi connectivity index (χ0) is 14.9. The number of carbonyl (C=O) groups is 1. The molecule has 1 aromatic rings. The summed E-state index contributed by atoms with van der Waals surface area (Å²) in [5.74, 6) is -0.488. The van der Waals surface area contributed by atoms with E-state index in [2.05, 4.69) is 10.3 Å². The average Bonchev–Trinajstić information content (AvgIpc) is 2.34. The van der Waals surface area contributed by atoms with Crippen LogP contribution in [0.4, 0.5) is 5.69 Å². The summed E-state index contributed by atoms with van der Waals surface area (Å²) in [6.45, 7) is 6.26. The molecule has 1 aliphatic carbocycles. The molecule has 1 saturated carbocycles. The van der Waals surface area contributed by atoms with Gasteiger partial charge in [0, 0.05) is 18.3 Å². The summed E-state index contributed by atoms with van der Waals surface area (Å²) in [7, 11) is 0. The number of carbonyl (C=O) groups excluding carboxylic acids is 1. The van der Waals surface area contributed by atoms with Crippen molar-refractivity contribution in [1.82, 2.24) is 4.98 Å². The molecule has 110 valence electrons. The molecule has 0 saturated heterocycles. The Bertz CT molecular complexity index is 516. The van der Waals surface area contributed by atoms with Crippen molar-refractivity contribution in [1.29, 1.82) is 0 Å². The van der Waals surface area contributed by atoms with Gasteiger partial charge in [-0.1, -0.05) is 0 Å². The summed E-state index contributed by atoms with van der Waals surface area (Å²) in [5, 5.41) is 3.30. The van der Waals surface area contributed by atoms with E-state index in [4.69, 9.17) is 16.2 Å². The monoisotopic (exact) mass is 278 g/mol. The van der Waals surface area contributed by atoms with Crippen molar-refractivity contribution in [3.05, 3.63) is 23.0 Å². The summed E-state index contributed by atoms with van der Waals surface area (Å²) < 4.78 is 5.62. The van der Waals surface area contributed by atoms with Gasteiger partial charge in [0.15, 0.2) is 0 Å². The first-order chi connectivity index (χ1) is 9.43. The summed E-state index contributed by atoms with van der Waals surface area (Å²) in [6.07, 6.45) is 0.894. The summed E-state index contributed by atoms with van der Waals surface area (Å²) in [6, 6.07) is 1.83. The van der Waals surface area contributed by atoms with Gasteiger partial charge in [-0.2, -0.15) is 0 Å². The van der Waals surface area contributed by atoms with Crippen LogP contribution in [-0.2, 0) is 4.74 Å². The summed E-state index contributed by atoms with van der Waals surface area (Å²) >= 11 is 0. The van der Waals surface area contributed by atoms with Crippen molar-refractivity contribution in [3.8, 4) is 0 Å². The molecule has 6 heteroatoms. The van der Waals surface area contributed by atoms with E-state index in [1.807, 2.05) is 19.9 Å².